The lowest BCUT2D eigenvalue weighted by Gasteiger charge is -2.32. The van der Waals surface area contributed by atoms with E-state index < -0.39 is 17.7 Å². The first-order chi connectivity index (χ1) is 16.5. The van der Waals surface area contributed by atoms with Crippen molar-refractivity contribution in [3.8, 4) is 11.1 Å². The van der Waals surface area contributed by atoms with E-state index in [1.54, 1.807) is 12.1 Å². The van der Waals surface area contributed by atoms with Gasteiger partial charge in [-0.25, -0.2) is 0 Å². The fourth-order valence-electron chi connectivity index (χ4n) is 4.50. The van der Waals surface area contributed by atoms with Gasteiger partial charge in [0.2, 0.25) is 0 Å². The predicted molar refractivity (Wildman–Crippen MR) is 130 cm³/mol. The van der Waals surface area contributed by atoms with E-state index in [0.29, 0.717) is 30.1 Å². The van der Waals surface area contributed by atoms with E-state index in [4.69, 9.17) is 21.1 Å². The normalized spacial score (nSPS) is 17.2. The number of hydrogen-bond donors (Lipinski definition) is 2. The smallest absolute Gasteiger partial charge is 0.309 e. The van der Waals surface area contributed by atoms with Crippen LogP contribution in [-0.4, -0.2) is 25.0 Å². The summed E-state index contributed by atoms with van der Waals surface area (Å²) in [5.41, 5.74) is 5.70. The van der Waals surface area contributed by atoms with Crippen LogP contribution in [0.3, 0.4) is 0 Å². The highest BCUT2D eigenvalue weighted by molar-refractivity contribution is 6.33. The Morgan fingerprint density at radius 3 is 2.24 bits per heavy atom. The molecule has 2 aliphatic heterocycles. The molecule has 174 valence electrons. The highest BCUT2D eigenvalue weighted by Crippen LogP contribution is 2.40. The van der Waals surface area contributed by atoms with Crippen LogP contribution in [0.2, 0.25) is 5.02 Å². The number of carbonyl (C=O) groups is 2. The predicted octanol–water partition coefficient (Wildman–Crippen LogP) is 4.80. The van der Waals surface area contributed by atoms with Gasteiger partial charge in [-0.3, -0.25) is 9.59 Å². The van der Waals surface area contributed by atoms with Crippen molar-refractivity contribution in [3.63, 3.8) is 0 Å². The summed E-state index contributed by atoms with van der Waals surface area (Å²) in [5.74, 6) is -2.40. The molecule has 0 bridgehead atoms. The summed E-state index contributed by atoms with van der Waals surface area (Å²) in [6.45, 7) is 1.38. The Labute approximate surface area is 203 Å². The second kappa shape index (κ2) is 9.49. The van der Waals surface area contributed by atoms with Gasteiger partial charge in [0.05, 0.1) is 30.1 Å². The standard InChI is InChI=1S/C27H25ClN2O4/c28-23-11-10-22-21(14-15-29-17-27(22)33-24(31)12-13-25(32)34-27)26(23)30-16-18-6-8-20(9-7-18)19-4-2-1-3-5-19/h1-11,29-30H,12-17H2. The third-order valence-electron chi connectivity index (χ3n) is 6.20. The largest absolute Gasteiger partial charge is 0.416 e. The van der Waals surface area contributed by atoms with Gasteiger partial charge >= 0.3 is 11.9 Å². The van der Waals surface area contributed by atoms with Crippen molar-refractivity contribution in [1.29, 1.82) is 0 Å². The number of carbonyl (C=O) groups excluding carboxylic acids is 2. The molecule has 1 fully saturated rings. The topological polar surface area (TPSA) is 76.7 Å². The van der Waals surface area contributed by atoms with E-state index >= 15 is 0 Å². The van der Waals surface area contributed by atoms with Gasteiger partial charge in [0.1, 0.15) is 0 Å². The van der Waals surface area contributed by atoms with Crippen LogP contribution >= 0.6 is 11.6 Å². The molecule has 1 saturated heterocycles. The summed E-state index contributed by atoms with van der Waals surface area (Å²) in [6, 6.07) is 22.1. The minimum Gasteiger partial charge on any atom is -0.416 e. The maximum Gasteiger partial charge on any atom is 0.309 e. The number of nitrogens with one attached hydrogen (secondary N) is 2. The second-order valence-electron chi connectivity index (χ2n) is 8.49. The van der Waals surface area contributed by atoms with Crippen LogP contribution < -0.4 is 10.6 Å². The minimum absolute atomic E-state index is 0.00753. The molecular weight excluding hydrogens is 452 g/mol. The van der Waals surface area contributed by atoms with E-state index in [1.807, 2.05) is 18.2 Å². The molecule has 6 nitrogen and oxygen atoms in total. The lowest BCUT2D eigenvalue weighted by Crippen LogP contribution is -2.43. The highest BCUT2D eigenvalue weighted by Gasteiger charge is 2.45. The molecule has 0 saturated carbocycles. The van der Waals surface area contributed by atoms with Crippen LogP contribution in [0.15, 0.2) is 66.7 Å². The number of ether oxygens (including phenoxy) is 2. The number of anilines is 1. The molecular formula is C27H25ClN2O4. The molecule has 0 aromatic heterocycles. The number of fused-ring (bicyclic) bond motifs is 2. The third-order valence-corrected chi connectivity index (χ3v) is 6.52. The molecule has 1 spiro atoms. The summed E-state index contributed by atoms with van der Waals surface area (Å²) < 4.78 is 11.4. The van der Waals surface area contributed by atoms with Crippen LogP contribution in [0.25, 0.3) is 11.1 Å². The summed E-state index contributed by atoms with van der Waals surface area (Å²) in [6.07, 6.45) is 0.656. The number of esters is 2. The van der Waals surface area contributed by atoms with Crippen LogP contribution in [0.4, 0.5) is 5.69 Å². The zero-order valence-electron chi connectivity index (χ0n) is 18.6. The molecule has 3 aromatic rings. The zero-order chi connectivity index (χ0) is 23.5. The molecule has 0 aliphatic carbocycles. The van der Waals surface area contributed by atoms with Crippen molar-refractivity contribution < 1.29 is 19.1 Å². The monoisotopic (exact) mass is 476 g/mol. The van der Waals surface area contributed by atoms with E-state index in [1.165, 1.54) is 5.56 Å². The van der Waals surface area contributed by atoms with Gasteiger partial charge in [-0.05, 0) is 47.4 Å². The summed E-state index contributed by atoms with van der Waals surface area (Å²) in [4.78, 5) is 24.6. The van der Waals surface area contributed by atoms with Crippen molar-refractivity contribution >= 4 is 29.2 Å². The maximum absolute atomic E-state index is 12.3. The van der Waals surface area contributed by atoms with Crippen LogP contribution in [0.5, 0.6) is 0 Å². The van der Waals surface area contributed by atoms with E-state index in [2.05, 4.69) is 47.0 Å². The number of halogens is 1. The van der Waals surface area contributed by atoms with E-state index in [-0.39, 0.29) is 19.4 Å². The molecule has 0 unspecified atom stereocenters. The molecule has 7 heteroatoms. The summed E-state index contributed by atoms with van der Waals surface area (Å²) in [7, 11) is 0. The fraction of sp³-hybridized carbons (Fsp3) is 0.259. The summed E-state index contributed by atoms with van der Waals surface area (Å²) in [5, 5.41) is 7.26. The molecule has 0 amide bonds. The summed E-state index contributed by atoms with van der Waals surface area (Å²) >= 11 is 6.60. The van der Waals surface area contributed by atoms with Crippen molar-refractivity contribution in [2.24, 2.45) is 0 Å². The lowest BCUT2D eigenvalue weighted by molar-refractivity contribution is -0.225. The van der Waals surface area contributed by atoms with Gasteiger partial charge < -0.3 is 20.1 Å². The van der Waals surface area contributed by atoms with Gasteiger partial charge in [0, 0.05) is 12.1 Å². The van der Waals surface area contributed by atoms with Crippen LogP contribution in [0, 0.1) is 0 Å². The second-order valence-corrected chi connectivity index (χ2v) is 8.90. The van der Waals surface area contributed by atoms with Crippen molar-refractivity contribution in [2.45, 2.75) is 31.6 Å². The number of benzene rings is 3. The third kappa shape index (κ3) is 4.52. The fourth-order valence-corrected chi connectivity index (χ4v) is 4.75. The first kappa shape index (κ1) is 22.4. The van der Waals surface area contributed by atoms with Crippen molar-refractivity contribution in [2.75, 3.05) is 18.4 Å². The van der Waals surface area contributed by atoms with Crippen LogP contribution in [0.1, 0.15) is 29.5 Å². The Kier molecular flexibility index (Phi) is 6.26. The average molecular weight is 477 g/mol. The van der Waals surface area contributed by atoms with Gasteiger partial charge in [-0.2, -0.15) is 0 Å². The van der Waals surface area contributed by atoms with Gasteiger partial charge in [-0.1, -0.05) is 66.2 Å². The molecule has 0 atom stereocenters. The number of rotatable bonds is 4. The lowest BCUT2D eigenvalue weighted by atomic mass is 9.96. The molecule has 0 radical (unpaired) electrons. The quantitative estimate of drug-likeness (QED) is 0.527. The molecule has 2 heterocycles. The molecule has 2 aliphatic rings. The molecule has 3 aromatic carbocycles. The van der Waals surface area contributed by atoms with E-state index in [0.717, 1.165) is 22.4 Å². The Hall–Kier alpha value is -3.35. The zero-order valence-corrected chi connectivity index (χ0v) is 19.4. The van der Waals surface area contributed by atoms with Gasteiger partial charge in [0.15, 0.2) is 0 Å². The molecule has 5 rings (SSSR count). The van der Waals surface area contributed by atoms with E-state index in [9.17, 15) is 9.59 Å². The average Bonchev–Trinajstić information content (AvgIpc) is 3.11. The van der Waals surface area contributed by atoms with Crippen LogP contribution in [-0.2, 0) is 37.8 Å². The van der Waals surface area contributed by atoms with Crippen molar-refractivity contribution in [3.05, 3.63) is 88.4 Å². The van der Waals surface area contributed by atoms with Gasteiger partial charge in [-0.15, -0.1) is 0 Å². The Morgan fingerprint density at radius 2 is 1.53 bits per heavy atom. The van der Waals surface area contributed by atoms with Gasteiger partial charge in [0.25, 0.3) is 5.79 Å². The SMILES string of the molecule is O=C1CCC(=O)OC2(CNCCc3c2ccc(Cl)c3NCc2ccc(-c3ccccc3)cc2)O1. The Morgan fingerprint density at radius 1 is 0.853 bits per heavy atom. The first-order valence-electron chi connectivity index (χ1n) is 11.4. The number of hydrogen-bond acceptors (Lipinski definition) is 6. The Balaban J connectivity index is 1.43. The molecule has 2 N–H and O–H groups in total. The highest BCUT2D eigenvalue weighted by atomic mass is 35.5. The minimum atomic E-state index is -1.49. The maximum atomic E-state index is 12.3. The Bertz CT molecular complexity index is 1190. The van der Waals surface area contributed by atoms with Crippen molar-refractivity contribution in [1.82, 2.24) is 5.32 Å². The molecule has 34 heavy (non-hydrogen) atoms. The first-order valence-corrected chi connectivity index (χ1v) is 11.8.